The van der Waals surface area contributed by atoms with Crippen molar-refractivity contribution in [3.05, 3.63) is 59.7 Å². The molecule has 0 spiro atoms. The molecule has 2 amide bonds. The molecule has 1 saturated heterocycles. The van der Waals surface area contributed by atoms with Gasteiger partial charge in [0.2, 0.25) is 11.8 Å². The molecule has 0 saturated carbocycles. The van der Waals surface area contributed by atoms with Gasteiger partial charge in [-0.15, -0.1) is 0 Å². The van der Waals surface area contributed by atoms with Gasteiger partial charge < -0.3 is 15.0 Å². The molecule has 0 aromatic heterocycles. The summed E-state index contributed by atoms with van der Waals surface area (Å²) in [6, 6.07) is 11.6. The lowest BCUT2D eigenvalue weighted by molar-refractivity contribution is -0.137. The Hall–Kier alpha value is -3.03. The van der Waals surface area contributed by atoms with E-state index in [0.717, 1.165) is 17.7 Å². The third-order valence-electron chi connectivity index (χ3n) is 4.63. The number of nitrogens with zero attached hydrogens (tertiary/aromatic N) is 1. The molecule has 3 rings (SSSR count). The molecule has 1 fully saturated rings. The quantitative estimate of drug-likeness (QED) is 0.849. The first-order valence-electron chi connectivity index (χ1n) is 8.66. The standard InChI is InChI=1S/C20H19F3N2O3/c1-28-17-8-2-13(3-9-17)11-24-19(27)14-10-18(26)25(12-14)16-6-4-15(5-7-16)20(21,22)23/h2-9,14H,10-12H2,1H3,(H,24,27). The molecule has 28 heavy (non-hydrogen) atoms. The Bertz CT molecular complexity index is 848. The van der Waals surface area contributed by atoms with Crippen LogP contribution in [0.4, 0.5) is 18.9 Å². The number of amides is 2. The van der Waals surface area contributed by atoms with Gasteiger partial charge in [-0.2, -0.15) is 13.2 Å². The third kappa shape index (κ3) is 4.44. The van der Waals surface area contributed by atoms with E-state index in [1.165, 1.54) is 17.0 Å². The highest BCUT2D eigenvalue weighted by molar-refractivity contribution is 6.00. The number of halogens is 3. The Morgan fingerprint density at radius 1 is 1.14 bits per heavy atom. The van der Waals surface area contributed by atoms with Crippen LogP contribution in [-0.4, -0.2) is 25.5 Å². The number of rotatable bonds is 5. The molecule has 148 valence electrons. The summed E-state index contributed by atoms with van der Waals surface area (Å²) in [5, 5.41) is 2.79. The van der Waals surface area contributed by atoms with Crippen LogP contribution in [0.2, 0.25) is 0 Å². The Morgan fingerprint density at radius 3 is 2.36 bits per heavy atom. The number of carbonyl (C=O) groups excluding carboxylic acids is 2. The van der Waals surface area contributed by atoms with Gasteiger partial charge in [-0.25, -0.2) is 0 Å². The number of carbonyl (C=O) groups is 2. The Balaban J connectivity index is 1.59. The summed E-state index contributed by atoms with van der Waals surface area (Å²) in [7, 11) is 1.57. The number of benzene rings is 2. The monoisotopic (exact) mass is 392 g/mol. The Labute approximate surface area is 160 Å². The molecule has 1 unspecified atom stereocenters. The number of methoxy groups -OCH3 is 1. The lowest BCUT2D eigenvalue weighted by Gasteiger charge is -2.17. The second-order valence-electron chi connectivity index (χ2n) is 6.52. The fourth-order valence-electron chi connectivity index (χ4n) is 3.04. The fourth-order valence-corrected chi connectivity index (χ4v) is 3.04. The van der Waals surface area contributed by atoms with E-state index in [-0.39, 0.29) is 24.8 Å². The van der Waals surface area contributed by atoms with Crippen molar-refractivity contribution < 1.29 is 27.5 Å². The fraction of sp³-hybridized carbons (Fsp3) is 0.300. The predicted molar refractivity (Wildman–Crippen MR) is 96.7 cm³/mol. The lowest BCUT2D eigenvalue weighted by Crippen LogP contribution is -2.32. The van der Waals surface area contributed by atoms with Crippen LogP contribution in [-0.2, 0) is 22.3 Å². The third-order valence-corrected chi connectivity index (χ3v) is 4.63. The summed E-state index contributed by atoms with van der Waals surface area (Å²) < 4.78 is 43.1. The molecule has 2 aromatic carbocycles. The van der Waals surface area contributed by atoms with Crippen molar-refractivity contribution in [3.63, 3.8) is 0 Å². The summed E-state index contributed by atoms with van der Waals surface area (Å²) in [6.07, 6.45) is -4.41. The molecule has 2 aromatic rings. The SMILES string of the molecule is COc1ccc(CNC(=O)C2CC(=O)N(c3ccc(C(F)(F)F)cc3)C2)cc1. The van der Waals surface area contributed by atoms with Crippen molar-refractivity contribution in [1.82, 2.24) is 5.32 Å². The van der Waals surface area contributed by atoms with Gasteiger partial charge in [0.25, 0.3) is 0 Å². The highest BCUT2D eigenvalue weighted by Gasteiger charge is 2.36. The first-order chi connectivity index (χ1) is 13.3. The smallest absolute Gasteiger partial charge is 0.416 e. The molecule has 0 aliphatic carbocycles. The zero-order valence-electron chi connectivity index (χ0n) is 15.1. The first kappa shape index (κ1) is 19.7. The number of hydrogen-bond donors (Lipinski definition) is 1. The average Bonchev–Trinajstić information content (AvgIpc) is 3.07. The second-order valence-corrected chi connectivity index (χ2v) is 6.52. The number of alkyl halides is 3. The number of ether oxygens (including phenoxy) is 1. The van der Waals surface area contributed by atoms with Crippen LogP contribution < -0.4 is 15.0 Å². The summed E-state index contributed by atoms with van der Waals surface area (Å²) in [5.74, 6) is -0.389. The molecule has 0 bridgehead atoms. The van der Waals surface area contributed by atoms with E-state index in [1.54, 1.807) is 19.2 Å². The zero-order valence-corrected chi connectivity index (χ0v) is 15.1. The van der Waals surface area contributed by atoms with Crippen molar-refractivity contribution in [2.45, 2.75) is 19.1 Å². The molecule has 1 aliphatic rings. The van der Waals surface area contributed by atoms with Gasteiger partial charge in [-0.05, 0) is 42.0 Å². The minimum atomic E-state index is -4.43. The van der Waals surface area contributed by atoms with Crippen LogP contribution in [0.3, 0.4) is 0 Å². The highest BCUT2D eigenvalue weighted by atomic mass is 19.4. The van der Waals surface area contributed by atoms with Gasteiger partial charge in [0.05, 0.1) is 18.6 Å². The first-order valence-corrected chi connectivity index (χ1v) is 8.66. The molecule has 1 aliphatic heterocycles. The van der Waals surface area contributed by atoms with Gasteiger partial charge in [-0.1, -0.05) is 12.1 Å². The van der Waals surface area contributed by atoms with Crippen LogP contribution in [0.15, 0.2) is 48.5 Å². The van der Waals surface area contributed by atoms with Crippen molar-refractivity contribution in [1.29, 1.82) is 0 Å². The molecular weight excluding hydrogens is 373 g/mol. The van der Waals surface area contributed by atoms with E-state index in [2.05, 4.69) is 5.32 Å². The molecule has 1 heterocycles. The zero-order chi connectivity index (χ0) is 20.3. The summed E-state index contributed by atoms with van der Waals surface area (Å²) in [5.41, 5.74) is 0.457. The molecule has 8 heteroatoms. The summed E-state index contributed by atoms with van der Waals surface area (Å²) in [6.45, 7) is 0.451. The molecule has 5 nitrogen and oxygen atoms in total. The van der Waals surface area contributed by atoms with E-state index >= 15 is 0 Å². The maximum absolute atomic E-state index is 12.7. The van der Waals surface area contributed by atoms with Crippen molar-refractivity contribution in [2.75, 3.05) is 18.6 Å². The van der Waals surface area contributed by atoms with Crippen LogP contribution in [0, 0.1) is 5.92 Å². The van der Waals surface area contributed by atoms with Gasteiger partial charge >= 0.3 is 6.18 Å². The molecule has 0 radical (unpaired) electrons. The second kappa shape index (κ2) is 7.92. The number of anilines is 1. The molecule has 1 N–H and O–H groups in total. The predicted octanol–water partition coefficient (Wildman–Crippen LogP) is 3.38. The van der Waals surface area contributed by atoms with Gasteiger partial charge in [-0.3, -0.25) is 9.59 Å². The van der Waals surface area contributed by atoms with Crippen LogP contribution >= 0.6 is 0 Å². The maximum atomic E-state index is 12.7. The normalized spacial score (nSPS) is 16.9. The lowest BCUT2D eigenvalue weighted by atomic mass is 10.1. The van der Waals surface area contributed by atoms with E-state index in [1.807, 2.05) is 12.1 Å². The highest BCUT2D eigenvalue weighted by Crippen LogP contribution is 2.32. The molecular formula is C20H19F3N2O3. The summed E-state index contributed by atoms with van der Waals surface area (Å²) in [4.78, 5) is 26.0. The van der Waals surface area contributed by atoms with Crippen LogP contribution in [0.5, 0.6) is 5.75 Å². The van der Waals surface area contributed by atoms with Gasteiger partial charge in [0, 0.05) is 25.2 Å². The van der Waals surface area contributed by atoms with E-state index < -0.39 is 17.7 Å². The molecule has 1 atom stereocenters. The largest absolute Gasteiger partial charge is 0.497 e. The van der Waals surface area contributed by atoms with Crippen LogP contribution in [0.25, 0.3) is 0 Å². The summed E-state index contributed by atoms with van der Waals surface area (Å²) >= 11 is 0. The minimum Gasteiger partial charge on any atom is -0.497 e. The van der Waals surface area contributed by atoms with E-state index in [9.17, 15) is 22.8 Å². The van der Waals surface area contributed by atoms with Gasteiger partial charge in [0.15, 0.2) is 0 Å². The van der Waals surface area contributed by atoms with E-state index in [0.29, 0.717) is 18.0 Å². The topological polar surface area (TPSA) is 58.6 Å². The maximum Gasteiger partial charge on any atom is 0.416 e. The van der Waals surface area contributed by atoms with Gasteiger partial charge in [0.1, 0.15) is 5.75 Å². The Morgan fingerprint density at radius 2 is 1.79 bits per heavy atom. The number of nitrogens with one attached hydrogen (secondary N) is 1. The van der Waals surface area contributed by atoms with E-state index in [4.69, 9.17) is 4.74 Å². The Kier molecular flexibility index (Phi) is 5.58. The average molecular weight is 392 g/mol. The minimum absolute atomic E-state index is 0.0233. The van der Waals surface area contributed by atoms with Crippen molar-refractivity contribution in [3.8, 4) is 5.75 Å². The van der Waals surface area contributed by atoms with Crippen molar-refractivity contribution in [2.24, 2.45) is 5.92 Å². The number of hydrogen-bond acceptors (Lipinski definition) is 3. The van der Waals surface area contributed by atoms with Crippen LogP contribution in [0.1, 0.15) is 17.5 Å². The van der Waals surface area contributed by atoms with Crippen molar-refractivity contribution >= 4 is 17.5 Å².